The Bertz CT molecular complexity index is 221. The SMILES string of the molecule is Cn1ccnc1C[C@@H](N)CO. The molecule has 3 N–H and O–H groups in total. The van der Waals surface area contributed by atoms with Gasteiger partial charge in [0.05, 0.1) is 6.61 Å². The van der Waals surface area contributed by atoms with Gasteiger partial charge in [-0.1, -0.05) is 0 Å². The van der Waals surface area contributed by atoms with Crippen molar-refractivity contribution in [2.45, 2.75) is 12.5 Å². The van der Waals surface area contributed by atoms with E-state index in [9.17, 15) is 0 Å². The standard InChI is InChI=1S/C7H13N3O/c1-10-3-2-9-7(10)4-6(8)5-11/h2-3,6,11H,4-5,8H2,1H3/t6-/m1/s1. The zero-order valence-electron chi connectivity index (χ0n) is 6.57. The monoisotopic (exact) mass is 155 g/mol. The van der Waals surface area contributed by atoms with Crippen LogP contribution in [-0.2, 0) is 13.5 Å². The molecule has 1 atom stereocenters. The van der Waals surface area contributed by atoms with Gasteiger partial charge in [-0.25, -0.2) is 4.98 Å². The van der Waals surface area contributed by atoms with Gasteiger partial charge in [0.1, 0.15) is 5.82 Å². The van der Waals surface area contributed by atoms with Gasteiger partial charge >= 0.3 is 0 Å². The lowest BCUT2D eigenvalue weighted by molar-refractivity contribution is 0.263. The first-order valence-electron chi connectivity index (χ1n) is 3.56. The van der Waals surface area contributed by atoms with E-state index in [0.717, 1.165) is 5.82 Å². The van der Waals surface area contributed by atoms with Gasteiger partial charge < -0.3 is 15.4 Å². The van der Waals surface area contributed by atoms with E-state index in [0.29, 0.717) is 6.42 Å². The normalized spacial score (nSPS) is 13.4. The number of nitrogens with zero attached hydrogens (tertiary/aromatic N) is 2. The number of rotatable bonds is 3. The average Bonchev–Trinajstić information content (AvgIpc) is 2.37. The Balaban J connectivity index is 2.56. The van der Waals surface area contributed by atoms with Crippen molar-refractivity contribution < 1.29 is 5.11 Å². The van der Waals surface area contributed by atoms with Gasteiger partial charge in [0.25, 0.3) is 0 Å². The number of hydrogen-bond acceptors (Lipinski definition) is 3. The summed E-state index contributed by atoms with van der Waals surface area (Å²) in [5, 5.41) is 8.66. The van der Waals surface area contributed by atoms with E-state index in [2.05, 4.69) is 4.98 Å². The molecular weight excluding hydrogens is 142 g/mol. The van der Waals surface area contributed by atoms with E-state index in [-0.39, 0.29) is 12.6 Å². The minimum atomic E-state index is -0.198. The lowest BCUT2D eigenvalue weighted by Crippen LogP contribution is -2.28. The van der Waals surface area contributed by atoms with E-state index < -0.39 is 0 Å². The first-order chi connectivity index (χ1) is 5.24. The average molecular weight is 155 g/mol. The first-order valence-corrected chi connectivity index (χ1v) is 3.56. The summed E-state index contributed by atoms with van der Waals surface area (Å²) in [6.45, 7) is 0.00681. The Morgan fingerprint density at radius 1 is 1.82 bits per heavy atom. The molecule has 0 amide bonds. The van der Waals surface area contributed by atoms with E-state index in [1.807, 2.05) is 17.8 Å². The Labute approximate surface area is 65.7 Å². The van der Waals surface area contributed by atoms with Crippen LogP contribution >= 0.6 is 0 Å². The maximum absolute atomic E-state index is 8.66. The van der Waals surface area contributed by atoms with Gasteiger partial charge in [-0.05, 0) is 0 Å². The van der Waals surface area contributed by atoms with Crippen LogP contribution in [-0.4, -0.2) is 27.3 Å². The second kappa shape index (κ2) is 3.50. The maximum Gasteiger partial charge on any atom is 0.110 e. The molecule has 0 fully saturated rings. The van der Waals surface area contributed by atoms with Crippen molar-refractivity contribution in [2.24, 2.45) is 12.8 Å². The topological polar surface area (TPSA) is 64.1 Å². The van der Waals surface area contributed by atoms with Crippen LogP contribution in [0.3, 0.4) is 0 Å². The molecule has 0 aliphatic rings. The number of imidazole rings is 1. The zero-order valence-corrected chi connectivity index (χ0v) is 6.57. The second-order valence-electron chi connectivity index (χ2n) is 2.60. The van der Waals surface area contributed by atoms with Gasteiger partial charge in [-0.15, -0.1) is 0 Å². The van der Waals surface area contributed by atoms with E-state index >= 15 is 0 Å². The van der Waals surface area contributed by atoms with E-state index in [4.69, 9.17) is 10.8 Å². The van der Waals surface area contributed by atoms with Gasteiger partial charge in [-0.2, -0.15) is 0 Å². The van der Waals surface area contributed by atoms with Gasteiger partial charge in [0.15, 0.2) is 0 Å². The van der Waals surface area contributed by atoms with Gasteiger partial charge in [0, 0.05) is 31.9 Å². The molecule has 0 spiro atoms. The molecule has 0 saturated heterocycles. The molecule has 0 aromatic carbocycles. The molecule has 0 saturated carbocycles. The molecule has 0 aliphatic heterocycles. The van der Waals surface area contributed by atoms with Crippen LogP contribution in [0.4, 0.5) is 0 Å². The van der Waals surface area contributed by atoms with Crippen molar-refractivity contribution in [1.29, 1.82) is 0 Å². The molecule has 0 bridgehead atoms. The molecule has 1 aromatic heterocycles. The molecule has 11 heavy (non-hydrogen) atoms. The van der Waals surface area contributed by atoms with Crippen LogP contribution in [0.5, 0.6) is 0 Å². The summed E-state index contributed by atoms with van der Waals surface area (Å²) in [4.78, 5) is 4.08. The molecule has 0 radical (unpaired) electrons. The lowest BCUT2D eigenvalue weighted by atomic mass is 10.2. The van der Waals surface area contributed by atoms with E-state index in [1.54, 1.807) is 6.20 Å². The Morgan fingerprint density at radius 2 is 2.55 bits per heavy atom. The predicted octanol–water partition coefficient (Wildman–Crippen LogP) is -0.718. The number of aryl methyl sites for hydroxylation is 1. The summed E-state index contributed by atoms with van der Waals surface area (Å²) in [5.74, 6) is 0.909. The summed E-state index contributed by atoms with van der Waals surface area (Å²) in [5.41, 5.74) is 5.53. The van der Waals surface area contributed by atoms with Crippen molar-refractivity contribution >= 4 is 0 Å². The summed E-state index contributed by atoms with van der Waals surface area (Å²) in [6.07, 6.45) is 4.21. The fourth-order valence-corrected chi connectivity index (χ4v) is 0.892. The largest absolute Gasteiger partial charge is 0.395 e. The fourth-order valence-electron chi connectivity index (χ4n) is 0.892. The maximum atomic E-state index is 8.66. The number of aromatic nitrogens is 2. The van der Waals surface area contributed by atoms with Crippen LogP contribution in [0, 0.1) is 0 Å². The van der Waals surface area contributed by atoms with Crippen molar-refractivity contribution in [3.8, 4) is 0 Å². The van der Waals surface area contributed by atoms with Crippen LogP contribution in [0.15, 0.2) is 12.4 Å². The van der Waals surface area contributed by atoms with Crippen LogP contribution in [0.25, 0.3) is 0 Å². The molecule has 4 heteroatoms. The third kappa shape index (κ3) is 2.03. The van der Waals surface area contributed by atoms with Crippen LogP contribution in [0.1, 0.15) is 5.82 Å². The Kier molecular flexibility index (Phi) is 2.62. The van der Waals surface area contributed by atoms with Crippen molar-refractivity contribution in [3.63, 3.8) is 0 Å². The summed E-state index contributed by atoms with van der Waals surface area (Å²) in [7, 11) is 1.91. The number of aliphatic hydroxyl groups excluding tert-OH is 1. The smallest absolute Gasteiger partial charge is 0.110 e. The third-order valence-corrected chi connectivity index (χ3v) is 1.60. The van der Waals surface area contributed by atoms with Crippen molar-refractivity contribution in [2.75, 3.05) is 6.61 Å². The highest BCUT2D eigenvalue weighted by molar-refractivity contribution is 4.93. The second-order valence-corrected chi connectivity index (χ2v) is 2.60. The molecular formula is C7H13N3O. The molecule has 1 rings (SSSR count). The molecule has 1 heterocycles. The van der Waals surface area contributed by atoms with Crippen molar-refractivity contribution in [3.05, 3.63) is 18.2 Å². The molecule has 1 aromatic rings. The Hall–Kier alpha value is -0.870. The van der Waals surface area contributed by atoms with Crippen LogP contribution in [0.2, 0.25) is 0 Å². The van der Waals surface area contributed by atoms with Gasteiger partial charge in [0.2, 0.25) is 0 Å². The minimum absolute atomic E-state index is 0.00681. The number of nitrogens with two attached hydrogens (primary N) is 1. The zero-order chi connectivity index (χ0) is 8.27. The highest BCUT2D eigenvalue weighted by atomic mass is 16.3. The van der Waals surface area contributed by atoms with E-state index in [1.165, 1.54) is 0 Å². The van der Waals surface area contributed by atoms with Crippen LogP contribution < -0.4 is 5.73 Å². The predicted molar refractivity (Wildman–Crippen MR) is 42.0 cm³/mol. The number of hydrogen-bond donors (Lipinski definition) is 2. The molecule has 4 nitrogen and oxygen atoms in total. The fraction of sp³-hybridized carbons (Fsp3) is 0.571. The third-order valence-electron chi connectivity index (χ3n) is 1.60. The molecule has 0 aliphatic carbocycles. The summed E-state index contributed by atoms with van der Waals surface area (Å²) < 4.78 is 1.90. The summed E-state index contributed by atoms with van der Waals surface area (Å²) in [6, 6.07) is -0.198. The molecule has 0 unspecified atom stereocenters. The minimum Gasteiger partial charge on any atom is -0.395 e. The highest BCUT2D eigenvalue weighted by Gasteiger charge is 2.05. The quantitative estimate of drug-likeness (QED) is 0.605. The highest BCUT2D eigenvalue weighted by Crippen LogP contribution is 1.97. The summed E-state index contributed by atoms with van der Waals surface area (Å²) >= 11 is 0. The Morgan fingerprint density at radius 3 is 3.00 bits per heavy atom. The lowest BCUT2D eigenvalue weighted by Gasteiger charge is -2.06. The first kappa shape index (κ1) is 8.23. The van der Waals surface area contributed by atoms with Crippen molar-refractivity contribution in [1.82, 2.24) is 9.55 Å². The number of aliphatic hydroxyl groups is 1. The molecule has 62 valence electrons. The van der Waals surface area contributed by atoms with Gasteiger partial charge in [-0.3, -0.25) is 0 Å².